The molecule has 47 heavy (non-hydrogen) atoms. The number of hydrogen-bond acceptors (Lipinski definition) is 12. The molecule has 17 heteroatoms. The number of carbonyl (C=O) groups is 2. The molecule has 2 saturated heterocycles. The van der Waals surface area contributed by atoms with E-state index in [0.717, 1.165) is 0 Å². The Morgan fingerprint density at radius 1 is 0.872 bits per heavy atom. The average Bonchev–Trinajstić information content (AvgIpc) is 3.71. The van der Waals surface area contributed by atoms with Crippen molar-refractivity contribution < 1.29 is 28.5 Å². The van der Waals surface area contributed by atoms with E-state index in [9.17, 15) is 9.59 Å². The zero-order chi connectivity index (χ0) is 35.5. The Labute approximate surface area is 289 Å². The molecule has 15 nitrogen and oxygen atoms in total. The van der Waals surface area contributed by atoms with Crippen molar-refractivity contribution in [2.75, 3.05) is 54.5 Å². The maximum absolute atomic E-state index is 12.5. The fraction of sp³-hybridized carbons (Fsp3) is 0.800. The number of hydrogen-bond donors (Lipinski definition) is 1. The summed E-state index contributed by atoms with van der Waals surface area (Å²) in [4.78, 5) is 33.3. The number of ether oxygens (including phenoxy) is 4. The number of thiocarbonyl (C=S) groups is 2. The van der Waals surface area contributed by atoms with Crippen molar-refractivity contribution in [2.45, 2.75) is 103 Å². The first kappa shape index (κ1) is 40.0. The van der Waals surface area contributed by atoms with Crippen molar-refractivity contribution in [3.05, 3.63) is 5.82 Å². The summed E-state index contributed by atoms with van der Waals surface area (Å²) in [7, 11) is 7.47. The first-order valence-electron chi connectivity index (χ1n) is 15.6. The van der Waals surface area contributed by atoms with Crippen LogP contribution in [0.15, 0.2) is 0 Å². The second kappa shape index (κ2) is 17.8. The van der Waals surface area contributed by atoms with E-state index >= 15 is 0 Å². The number of likely N-dealkylation sites (tertiary alicyclic amines) is 2. The predicted molar refractivity (Wildman–Crippen MR) is 183 cm³/mol. The number of nitriles is 1. The normalized spacial score (nSPS) is 21.0. The number of H-pyrrole nitrogens is 1. The molecule has 0 spiro atoms. The lowest BCUT2D eigenvalue weighted by molar-refractivity contribution is 0.0187. The highest BCUT2D eigenvalue weighted by atomic mass is 32.1. The minimum absolute atomic E-state index is 0.109. The van der Waals surface area contributed by atoms with Crippen LogP contribution in [0.2, 0.25) is 0 Å². The molecule has 0 saturated carbocycles. The standard InChI is InChI=1S/C15H26N6O3S.C15H25N3O3S/c1-15(2,3)24-14(22)21-9-10(8-11(21)13(25)20(4)5)23-7-6-12-16-18-19-17-12;1-15(2,3)21-14(19)18-10-11(20-8-6-7-16)9-12(18)13(22)17(4)5/h10-11H,6-9H2,1-5H3,(H,16,17,18,19);11-12H,6,8-10H2,1-5H3/t10-,11+;11-,12+/m11/s1. The van der Waals surface area contributed by atoms with Gasteiger partial charge in [-0.05, 0) is 41.5 Å². The van der Waals surface area contributed by atoms with Gasteiger partial charge in [-0.1, -0.05) is 29.6 Å². The van der Waals surface area contributed by atoms with Crippen LogP contribution in [-0.2, 0) is 25.4 Å². The summed E-state index contributed by atoms with van der Waals surface area (Å²) in [5.41, 5.74) is -1.11. The predicted octanol–water partition coefficient (Wildman–Crippen LogP) is 3.21. The third-order valence-corrected chi connectivity index (χ3v) is 8.14. The van der Waals surface area contributed by atoms with Crippen molar-refractivity contribution in [3.63, 3.8) is 0 Å². The van der Waals surface area contributed by atoms with Gasteiger partial charge in [-0.3, -0.25) is 9.80 Å². The van der Waals surface area contributed by atoms with Crippen LogP contribution >= 0.6 is 24.4 Å². The van der Waals surface area contributed by atoms with Gasteiger partial charge in [-0.15, -0.1) is 10.2 Å². The molecule has 0 bridgehead atoms. The number of nitrogens with one attached hydrogen (secondary N) is 1. The molecular formula is C30H51N9O6S2. The summed E-state index contributed by atoms with van der Waals surface area (Å²) in [5, 5.41) is 22.3. The molecule has 1 aromatic rings. The van der Waals surface area contributed by atoms with Gasteiger partial charge in [-0.2, -0.15) is 10.5 Å². The molecule has 0 radical (unpaired) electrons. The number of aromatic amines is 1. The molecule has 264 valence electrons. The number of carbonyl (C=O) groups excluding carboxylic acids is 2. The second-order valence-electron chi connectivity index (χ2n) is 13.7. The smallest absolute Gasteiger partial charge is 0.410 e. The van der Waals surface area contributed by atoms with Gasteiger partial charge in [0.1, 0.15) is 21.2 Å². The van der Waals surface area contributed by atoms with Gasteiger partial charge in [-0.25, -0.2) is 9.59 Å². The summed E-state index contributed by atoms with van der Waals surface area (Å²) < 4.78 is 22.5. The molecule has 4 atom stereocenters. The SMILES string of the molecule is CN(C)C(=S)[C@@H]1C[C@@H](OCCC#N)CN1C(=O)OC(C)(C)C.CN(C)C(=S)[C@@H]1C[C@@H](OCCc2nn[nH]n2)CN1C(=O)OC(C)(C)C. The lowest BCUT2D eigenvalue weighted by Gasteiger charge is -2.30. The van der Waals surface area contributed by atoms with E-state index in [1.54, 1.807) is 9.80 Å². The van der Waals surface area contributed by atoms with E-state index in [-0.39, 0.29) is 36.5 Å². The van der Waals surface area contributed by atoms with Gasteiger partial charge in [0, 0.05) is 47.5 Å². The summed E-state index contributed by atoms with van der Waals surface area (Å²) in [6.45, 7) is 12.7. The minimum Gasteiger partial charge on any atom is -0.444 e. The largest absolute Gasteiger partial charge is 0.444 e. The molecule has 3 rings (SSSR count). The molecule has 2 aliphatic heterocycles. The Morgan fingerprint density at radius 3 is 1.68 bits per heavy atom. The number of tetrazole rings is 1. The number of rotatable bonds is 9. The van der Waals surface area contributed by atoms with Crippen LogP contribution in [0.5, 0.6) is 0 Å². The van der Waals surface area contributed by atoms with Crippen LogP contribution in [0.4, 0.5) is 9.59 Å². The Morgan fingerprint density at radius 2 is 1.32 bits per heavy atom. The highest BCUT2D eigenvalue weighted by molar-refractivity contribution is 7.80. The fourth-order valence-electron chi connectivity index (χ4n) is 4.82. The number of amides is 2. The highest BCUT2D eigenvalue weighted by Gasteiger charge is 2.42. The third-order valence-electron chi connectivity index (χ3n) is 6.87. The molecule has 2 amide bonds. The van der Waals surface area contributed by atoms with Crippen LogP contribution in [0.25, 0.3) is 0 Å². The van der Waals surface area contributed by atoms with Crippen LogP contribution < -0.4 is 0 Å². The van der Waals surface area contributed by atoms with Gasteiger partial charge in [0.2, 0.25) is 0 Å². The van der Waals surface area contributed by atoms with E-state index in [1.807, 2.05) is 85.6 Å². The Hall–Kier alpha value is -3.20. The van der Waals surface area contributed by atoms with E-state index < -0.39 is 11.2 Å². The van der Waals surface area contributed by atoms with E-state index in [4.69, 9.17) is 48.6 Å². The number of likely N-dealkylation sites (N-methyl/N-ethyl adjacent to an activating group) is 2. The van der Waals surface area contributed by atoms with E-state index in [0.29, 0.717) is 67.8 Å². The summed E-state index contributed by atoms with van der Waals surface area (Å²) in [5.74, 6) is 0.599. The molecule has 0 unspecified atom stereocenters. The maximum atomic E-state index is 12.5. The number of nitrogens with zero attached hydrogens (tertiary/aromatic N) is 8. The quantitative estimate of drug-likeness (QED) is 0.296. The molecule has 2 aliphatic rings. The van der Waals surface area contributed by atoms with Crippen LogP contribution in [-0.4, -0.2) is 152 Å². The van der Waals surface area contributed by atoms with E-state index in [2.05, 4.69) is 20.6 Å². The Kier molecular flexibility index (Phi) is 15.1. The number of aromatic nitrogens is 4. The molecule has 2 fully saturated rings. The maximum Gasteiger partial charge on any atom is 0.410 e. The van der Waals surface area contributed by atoms with E-state index in [1.165, 1.54) is 0 Å². The van der Waals surface area contributed by atoms with Crippen molar-refractivity contribution in [1.82, 2.24) is 40.2 Å². The van der Waals surface area contributed by atoms with Gasteiger partial charge >= 0.3 is 12.2 Å². The average molecular weight is 698 g/mol. The fourth-order valence-corrected chi connectivity index (χ4v) is 5.27. The second-order valence-corrected chi connectivity index (χ2v) is 14.5. The summed E-state index contributed by atoms with van der Waals surface area (Å²) in [6.07, 6.45) is 1.18. The monoisotopic (exact) mass is 697 g/mol. The van der Waals surface area contributed by atoms with Crippen LogP contribution in [0.3, 0.4) is 0 Å². The minimum atomic E-state index is -0.557. The Balaban J connectivity index is 0.000000330. The van der Waals surface area contributed by atoms with Crippen LogP contribution in [0, 0.1) is 11.3 Å². The van der Waals surface area contributed by atoms with Crippen molar-refractivity contribution in [3.8, 4) is 6.07 Å². The molecule has 3 heterocycles. The highest BCUT2D eigenvalue weighted by Crippen LogP contribution is 2.26. The molecule has 1 aromatic heterocycles. The summed E-state index contributed by atoms with van der Waals surface area (Å²) >= 11 is 10.9. The first-order chi connectivity index (χ1) is 21.8. The van der Waals surface area contributed by atoms with Crippen molar-refractivity contribution in [1.29, 1.82) is 5.26 Å². The topological polar surface area (TPSA) is 162 Å². The molecule has 0 aromatic carbocycles. The molecule has 0 aliphatic carbocycles. The van der Waals surface area contributed by atoms with Gasteiger partial charge in [0.25, 0.3) is 0 Å². The van der Waals surface area contributed by atoms with Crippen molar-refractivity contribution in [2.24, 2.45) is 0 Å². The molecular weight excluding hydrogens is 647 g/mol. The van der Waals surface area contributed by atoms with Gasteiger partial charge in [0.05, 0.1) is 63.1 Å². The lowest BCUT2D eigenvalue weighted by Crippen LogP contribution is -2.46. The lowest BCUT2D eigenvalue weighted by atomic mass is 10.2. The van der Waals surface area contributed by atoms with Gasteiger partial charge < -0.3 is 28.7 Å². The van der Waals surface area contributed by atoms with Crippen molar-refractivity contribution >= 4 is 46.6 Å². The van der Waals surface area contributed by atoms with Crippen LogP contribution in [0.1, 0.15) is 66.6 Å². The third kappa shape index (κ3) is 13.4. The first-order valence-corrected chi connectivity index (χ1v) is 16.4. The zero-order valence-corrected chi connectivity index (χ0v) is 30.9. The zero-order valence-electron chi connectivity index (χ0n) is 29.3. The van der Waals surface area contributed by atoms with Gasteiger partial charge in [0.15, 0.2) is 5.82 Å². The molecule has 1 N–H and O–H groups in total. The Bertz CT molecular complexity index is 1230. The summed E-state index contributed by atoms with van der Waals surface area (Å²) in [6, 6.07) is 1.62.